The van der Waals surface area contributed by atoms with Crippen molar-refractivity contribution in [2.24, 2.45) is 0 Å². The van der Waals surface area contributed by atoms with Gasteiger partial charge in [-0.1, -0.05) is 19.3 Å². The number of ether oxygens (including phenoxy) is 1. The van der Waals surface area contributed by atoms with Gasteiger partial charge in [-0.25, -0.2) is 9.97 Å². The van der Waals surface area contributed by atoms with Gasteiger partial charge in [-0.05, 0) is 25.0 Å². The lowest BCUT2D eigenvalue weighted by Crippen LogP contribution is -2.34. The van der Waals surface area contributed by atoms with E-state index in [1.165, 1.54) is 19.3 Å². The summed E-state index contributed by atoms with van der Waals surface area (Å²) in [5.74, 6) is 0.854. The van der Waals surface area contributed by atoms with Crippen molar-refractivity contribution in [3.63, 3.8) is 0 Å². The molecule has 3 rings (SSSR count). The molecule has 2 heterocycles. The van der Waals surface area contributed by atoms with Crippen LogP contribution in [0.5, 0.6) is 0 Å². The lowest BCUT2D eigenvalue weighted by molar-refractivity contribution is 0.0805. The van der Waals surface area contributed by atoms with E-state index in [4.69, 9.17) is 4.74 Å². The van der Waals surface area contributed by atoms with E-state index in [-0.39, 0.29) is 6.10 Å². The second kappa shape index (κ2) is 6.13. The van der Waals surface area contributed by atoms with Crippen molar-refractivity contribution in [3.05, 3.63) is 24.5 Å². The maximum absolute atomic E-state index is 5.63. The molecular weight excluding hydrogens is 252 g/mol. The van der Waals surface area contributed by atoms with Crippen LogP contribution in [0.3, 0.4) is 0 Å². The molecular formula is C15H20N4O. The lowest BCUT2D eigenvalue weighted by Gasteiger charge is -2.25. The van der Waals surface area contributed by atoms with Gasteiger partial charge in [-0.3, -0.25) is 4.98 Å². The molecule has 0 saturated heterocycles. The maximum atomic E-state index is 5.63. The van der Waals surface area contributed by atoms with Crippen molar-refractivity contribution in [1.82, 2.24) is 15.0 Å². The van der Waals surface area contributed by atoms with Crippen LogP contribution >= 0.6 is 0 Å². The third-order valence-corrected chi connectivity index (χ3v) is 3.92. The Morgan fingerprint density at radius 3 is 2.85 bits per heavy atom. The number of pyridine rings is 1. The van der Waals surface area contributed by atoms with Crippen LogP contribution in [0.2, 0.25) is 0 Å². The Morgan fingerprint density at radius 1 is 1.10 bits per heavy atom. The van der Waals surface area contributed by atoms with Gasteiger partial charge in [0.15, 0.2) is 5.65 Å². The summed E-state index contributed by atoms with van der Waals surface area (Å²) in [6.45, 7) is 0. The van der Waals surface area contributed by atoms with E-state index in [1.807, 2.05) is 12.1 Å². The molecule has 0 aliphatic heterocycles. The minimum absolute atomic E-state index is 0.261. The zero-order valence-corrected chi connectivity index (χ0v) is 11.7. The van der Waals surface area contributed by atoms with Gasteiger partial charge in [0.2, 0.25) is 0 Å². The number of methoxy groups -OCH3 is 1. The molecule has 0 amide bonds. The molecule has 2 unspecified atom stereocenters. The second-order valence-electron chi connectivity index (χ2n) is 5.26. The highest BCUT2D eigenvalue weighted by atomic mass is 16.5. The quantitative estimate of drug-likeness (QED) is 0.871. The largest absolute Gasteiger partial charge is 0.379 e. The molecule has 106 valence electrons. The van der Waals surface area contributed by atoms with Crippen molar-refractivity contribution in [1.29, 1.82) is 0 Å². The summed E-state index contributed by atoms with van der Waals surface area (Å²) in [5.41, 5.74) is 1.50. The van der Waals surface area contributed by atoms with Gasteiger partial charge < -0.3 is 10.1 Å². The molecule has 2 aromatic rings. The van der Waals surface area contributed by atoms with E-state index < -0.39 is 0 Å². The number of nitrogens with one attached hydrogen (secondary N) is 1. The molecule has 0 radical (unpaired) electrons. The summed E-state index contributed by atoms with van der Waals surface area (Å²) in [4.78, 5) is 13.0. The first-order valence-electron chi connectivity index (χ1n) is 7.24. The van der Waals surface area contributed by atoms with Crippen molar-refractivity contribution in [3.8, 4) is 0 Å². The Morgan fingerprint density at radius 2 is 1.95 bits per heavy atom. The van der Waals surface area contributed by atoms with Crippen LogP contribution < -0.4 is 5.32 Å². The Hall–Kier alpha value is -1.75. The van der Waals surface area contributed by atoms with Gasteiger partial charge >= 0.3 is 0 Å². The monoisotopic (exact) mass is 272 g/mol. The Kier molecular flexibility index (Phi) is 4.06. The topological polar surface area (TPSA) is 59.9 Å². The molecule has 1 fully saturated rings. The van der Waals surface area contributed by atoms with Crippen LogP contribution in [0.25, 0.3) is 11.2 Å². The molecule has 1 aliphatic carbocycles. The number of hydrogen-bond donors (Lipinski definition) is 1. The Labute approximate surface area is 118 Å². The molecule has 1 N–H and O–H groups in total. The zero-order valence-electron chi connectivity index (χ0n) is 11.7. The number of rotatable bonds is 3. The number of fused-ring (bicyclic) bond motifs is 1. The fraction of sp³-hybridized carbons (Fsp3) is 0.533. The average Bonchev–Trinajstić information content (AvgIpc) is 2.72. The van der Waals surface area contributed by atoms with Gasteiger partial charge in [0, 0.05) is 19.5 Å². The summed E-state index contributed by atoms with van der Waals surface area (Å²) in [6.07, 6.45) is 9.62. The fourth-order valence-electron chi connectivity index (χ4n) is 2.85. The van der Waals surface area contributed by atoms with Crippen molar-refractivity contribution in [2.45, 2.75) is 44.2 Å². The summed E-state index contributed by atoms with van der Waals surface area (Å²) < 4.78 is 5.63. The van der Waals surface area contributed by atoms with Crippen LogP contribution in [0.1, 0.15) is 32.1 Å². The molecule has 20 heavy (non-hydrogen) atoms. The lowest BCUT2D eigenvalue weighted by atomic mass is 10.1. The van der Waals surface area contributed by atoms with Gasteiger partial charge in [0.1, 0.15) is 11.3 Å². The smallest absolute Gasteiger partial charge is 0.180 e. The van der Waals surface area contributed by atoms with Gasteiger partial charge in [0.05, 0.1) is 12.1 Å². The number of anilines is 1. The SMILES string of the molecule is COC1CCCCCC1Nc1ccc2nccnc2n1. The molecule has 2 aromatic heterocycles. The van der Waals surface area contributed by atoms with E-state index >= 15 is 0 Å². The molecule has 1 saturated carbocycles. The van der Waals surface area contributed by atoms with Crippen molar-refractivity contribution < 1.29 is 4.74 Å². The van der Waals surface area contributed by atoms with Crippen molar-refractivity contribution >= 4 is 17.0 Å². The normalized spacial score (nSPS) is 23.4. The molecule has 5 heteroatoms. The third-order valence-electron chi connectivity index (χ3n) is 3.92. The zero-order chi connectivity index (χ0) is 13.8. The number of hydrogen-bond acceptors (Lipinski definition) is 5. The van der Waals surface area contributed by atoms with Crippen molar-refractivity contribution in [2.75, 3.05) is 12.4 Å². The molecule has 1 aliphatic rings. The van der Waals surface area contributed by atoms with Crippen LogP contribution in [0.4, 0.5) is 5.82 Å². The van der Waals surface area contributed by atoms with Crippen LogP contribution in [-0.4, -0.2) is 34.2 Å². The standard InChI is InChI=1S/C15H20N4O/c1-20-13-6-4-2-3-5-11(13)18-14-8-7-12-15(19-14)17-10-9-16-12/h7-11,13H,2-6H2,1H3,(H,17,18,19). The predicted octanol–water partition coefficient (Wildman–Crippen LogP) is 2.78. The summed E-state index contributed by atoms with van der Waals surface area (Å²) in [5, 5.41) is 3.51. The van der Waals surface area contributed by atoms with Gasteiger partial charge in [-0.15, -0.1) is 0 Å². The molecule has 0 aromatic carbocycles. The molecule has 0 spiro atoms. The number of nitrogens with zero attached hydrogens (tertiary/aromatic N) is 3. The fourth-order valence-corrected chi connectivity index (χ4v) is 2.85. The maximum Gasteiger partial charge on any atom is 0.180 e. The first-order valence-corrected chi connectivity index (χ1v) is 7.24. The second-order valence-corrected chi connectivity index (χ2v) is 5.26. The Bertz CT molecular complexity index is 575. The Balaban J connectivity index is 1.80. The summed E-state index contributed by atoms with van der Waals surface area (Å²) in [6, 6.07) is 4.24. The first kappa shape index (κ1) is 13.2. The van der Waals surface area contributed by atoms with E-state index in [2.05, 4.69) is 20.3 Å². The predicted molar refractivity (Wildman–Crippen MR) is 78.6 cm³/mol. The summed E-state index contributed by atoms with van der Waals surface area (Å²) >= 11 is 0. The van der Waals surface area contributed by atoms with Gasteiger partial charge in [-0.2, -0.15) is 0 Å². The van der Waals surface area contributed by atoms with Crippen LogP contribution in [0.15, 0.2) is 24.5 Å². The van der Waals surface area contributed by atoms with Gasteiger partial charge in [0.25, 0.3) is 0 Å². The van der Waals surface area contributed by atoms with E-state index in [1.54, 1.807) is 19.5 Å². The average molecular weight is 272 g/mol. The highest BCUT2D eigenvalue weighted by Crippen LogP contribution is 2.23. The summed E-state index contributed by atoms with van der Waals surface area (Å²) in [7, 11) is 1.80. The number of aromatic nitrogens is 3. The molecule has 2 atom stereocenters. The van der Waals surface area contributed by atoms with E-state index in [9.17, 15) is 0 Å². The first-order chi connectivity index (χ1) is 9.86. The highest BCUT2D eigenvalue weighted by Gasteiger charge is 2.23. The third kappa shape index (κ3) is 2.88. The van der Waals surface area contributed by atoms with Crippen LogP contribution in [-0.2, 0) is 4.74 Å². The van der Waals surface area contributed by atoms with Crippen LogP contribution in [0, 0.1) is 0 Å². The minimum atomic E-state index is 0.261. The minimum Gasteiger partial charge on any atom is -0.379 e. The van der Waals surface area contributed by atoms with E-state index in [0.29, 0.717) is 11.7 Å². The highest BCUT2D eigenvalue weighted by molar-refractivity contribution is 5.71. The van der Waals surface area contributed by atoms with E-state index in [0.717, 1.165) is 24.2 Å². The molecule has 0 bridgehead atoms. The molecule has 5 nitrogen and oxygen atoms in total.